The first-order chi connectivity index (χ1) is 10.6. The maximum atomic E-state index is 12.6. The second-order valence-electron chi connectivity index (χ2n) is 5.59. The van der Waals surface area contributed by atoms with E-state index in [1.165, 1.54) is 17.4 Å². The van der Waals surface area contributed by atoms with E-state index in [2.05, 4.69) is 25.6 Å². The van der Waals surface area contributed by atoms with Crippen LogP contribution in [-0.4, -0.2) is 18.9 Å². The zero-order valence-electron chi connectivity index (χ0n) is 13.8. The van der Waals surface area contributed by atoms with Gasteiger partial charge in [-0.25, -0.2) is 18.1 Å². The Morgan fingerprint density at radius 2 is 1.87 bits per heavy atom. The fourth-order valence-electron chi connectivity index (χ4n) is 1.80. The van der Waals surface area contributed by atoms with Crippen LogP contribution in [0.3, 0.4) is 0 Å². The lowest BCUT2D eigenvalue weighted by Crippen LogP contribution is -2.40. The summed E-state index contributed by atoms with van der Waals surface area (Å²) in [5.74, 6) is 0. The molecule has 0 amide bonds. The molecular weight excluding hydrogens is 398 g/mol. The first-order valence-corrected chi connectivity index (χ1v) is 10.2. The molecule has 3 N–H and O–H groups in total. The molecule has 0 fully saturated rings. The Morgan fingerprint density at radius 1 is 1.26 bits per heavy atom. The predicted molar refractivity (Wildman–Crippen MR) is 101 cm³/mol. The van der Waals surface area contributed by atoms with Crippen molar-refractivity contribution in [1.29, 1.82) is 0 Å². The number of halogens is 1. The molecule has 2 aromatic rings. The summed E-state index contributed by atoms with van der Waals surface area (Å²) in [5.41, 5.74) is 6.17. The van der Waals surface area contributed by atoms with Gasteiger partial charge in [0.2, 0.25) is 10.0 Å². The number of nitrogen functional groups attached to an aromatic ring is 1. The Morgan fingerprint density at radius 3 is 2.35 bits per heavy atom. The van der Waals surface area contributed by atoms with Gasteiger partial charge in [-0.2, -0.15) is 0 Å². The third kappa shape index (κ3) is 5.56. The highest BCUT2D eigenvalue weighted by atomic mass is 79.9. The molecule has 23 heavy (non-hydrogen) atoms. The highest BCUT2D eigenvalue weighted by Crippen LogP contribution is 2.34. The highest BCUT2D eigenvalue weighted by Gasteiger charge is 2.25. The lowest BCUT2D eigenvalue weighted by atomic mass is 10.1. The number of thiazole rings is 1. The van der Waals surface area contributed by atoms with E-state index in [0.29, 0.717) is 15.2 Å². The Labute approximate surface area is 150 Å². The van der Waals surface area contributed by atoms with Crippen LogP contribution in [0.25, 0.3) is 10.4 Å². The van der Waals surface area contributed by atoms with Crippen LogP contribution in [0.1, 0.15) is 34.6 Å². The van der Waals surface area contributed by atoms with E-state index in [1.54, 1.807) is 39.1 Å². The smallest absolute Gasteiger partial charge is 0.241 e. The second-order valence-corrected chi connectivity index (χ2v) is 9.55. The van der Waals surface area contributed by atoms with Crippen molar-refractivity contribution in [2.24, 2.45) is 0 Å². The van der Waals surface area contributed by atoms with Crippen LogP contribution >= 0.6 is 27.3 Å². The lowest BCUT2D eigenvalue weighted by molar-refractivity contribution is 0.491. The molecule has 0 saturated heterocycles. The van der Waals surface area contributed by atoms with Gasteiger partial charge in [-0.05, 0) is 48.8 Å². The second kappa shape index (κ2) is 7.74. The van der Waals surface area contributed by atoms with Crippen molar-refractivity contribution in [3.63, 3.8) is 0 Å². The van der Waals surface area contributed by atoms with Crippen molar-refractivity contribution in [3.8, 4) is 10.4 Å². The minimum Gasteiger partial charge on any atom is -0.399 e. The van der Waals surface area contributed by atoms with Crippen LogP contribution < -0.4 is 10.5 Å². The van der Waals surface area contributed by atoms with Crippen molar-refractivity contribution in [1.82, 2.24) is 9.71 Å². The Bertz CT molecular complexity index is 765. The SMILES string of the molecule is CC.CC(C)(C)NS(=O)(=O)c1cc(N)ccc1-c1cnc(Br)s1. The summed E-state index contributed by atoms with van der Waals surface area (Å²) >= 11 is 4.65. The third-order valence-corrected chi connectivity index (χ3v) is 5.79. The quantitative estimate of drug-likeness (QED) is 0.727. The van der Waals surface area contributed by atoms with Gasteiger partial charge in [0.1, 0.15) is 0 Å². The molecule has 0 spiro atoms. The Hall–Kier alpha value is -0.960. The largest absolute Gasteiger partial charge is 0.399 e. The number of rotatable bonds is 3. The molecule has 0 radical (unpaired) electrons. The van der Waals surface area contributed by atoms with E-state index in [9.17, 15) is 8.42 Å². The predicted octanol–water partition coefficient (Wildman–Crippen LogP) is 4.26. The van der Waals surface area contributed by atoms with Crippen molar-refractivity contribution >= 4 is 43.0 Å². The summed E-state index contributed by atoms with van der Waals surface area (Å²) in [4.78, 5) is 5.02. The maximum absolute atomic E-state index is 12.6. The van der Waals surface area contributed by atoms with Gasteiger partial charge in [0.05, 0.1) is 9.77 Å². The van der Waals surface area contributed by atoms with E-state index < -0.39 is 15.6 Å². The molecule has 128 valence electrons. The highest BCUT2D eigenvalue weighted by molar-refractivity contribution is 9.11. The summed E-state index contributed by atoms with van der Waals surface area (Å²) in [6, 6.07) is 4.85. The van der Waals surface area contributed by atoms with E-state index in [0.717, 1.165) is 4.88 Å². The van der Waals surface area contributed by atoms with Gasteiger partial charge >= 0.3 is 0 Å². The number of anilines is 1. The number of aromatic nitrogens is 1. The first kappa shape index (κ1) is 20.1. The molecular formula is C15H22BrN3O2S2. The molecule has 8 heteroatoms. The minimum absolute atomic E-state index is 0.161. The van der Waals surface area contributed by atoms with Crippen molar-refractivity contribution in [3.05, 3.63) is 28.3 Å². The Kier molecular flexibility index (Phi) is 6.76. The van der Waals surface area contributed by atoms with Crippen LogP contribution in [-0.2, 0) is 10.0 Å². The van der Waals surface area contributed by atoms with Crippen LogP contribution in [0.5, 0.6) is 0 Å². The molecule has 0 aliphatic rings. The lowest BCUT2D eigenvalue weighted by Gasteiger charge is -2.21. The average Bonchev–Trinajstić information content (AvgIpc) is 2.85. The molecule has 0 bridgehead atoms. The number of nitrogens with one attached hydrogen (secondary N) is 1. The van der Waals surface area contributed by atoms with Crippen LogP contribution in [0.15, 0.2) is 33.2 Å². The topological polar surface area (TPSA) is 85.1 Å². The number of nitrogens with zero attached hydrogens (tertiary/aromatic N) is 1. The molecule has 0 unspecified atom stereocenters. The molecule has 0 aliphatic carbocycles. The Balaban J connectivity index is 0.00000127. The monoisotopic (exact) mass is 419 g/mol. The fourth-order valence-corrected chi connectivity index (χ4v) is 4.85. The normalized spacial score (nSPS) is 11.7. The van der Waals surface area contributed by atoms with Crippen LogP contribution in [0.4, 0.5) is 5.69 Å². The summed E-state index contributed by atoms with van der Waals surface area (Å²) < 4.78 is 28.6. The van der Waals surface area contributed by atoms with Gasteiger partial charge in [0, 0.05) is 23.0 Å². The maximum Gasteiger partial charge on any atom is 0.241 e. The average molecular weight is 420 g/mol. The van der Waals surface area contributed by atoms with Crippen molar-refractivity contribution in [2.75, 3.05) is 5.73 Å². The van der Waals surface area contributed by atoms with Crippen LogP contribution in [0.2, 0.25) is 0 Å². The van der Waals surface area contributed by atoms with E-state index in [1.807, 2.05) is 13.8 Å². The number of hydrogen-bond donors (Lipinski definition) is 2. The zero-order valence-corrected chi connectivity index (χ0v) is 17.1. The molecule has 1 heterocycles. The molecule has 0 atom stereocenters. The summed E-state index contributed by atoms with van der Waals surface area (Å²) in [6.07, 6.45) is 1.64. The summed E-state index contributed by atoms with van der Waals surface area (Å²) in [7, 11) is -3.68. The van der Waals surface area contributed by atoms with Gasteiger partial charge in [0.15, 0.2) is 3.92 Å². The van der Waals surface area contributed by atoms with Gasteiger partial charge in [-0.15, -0.1) is 11.3 Å². The molecule has 5 nitrogen and oxygen atoms in total. The number of hydrogen-bond acceptors (Lipinski definition) is 5. The fraction of sp³-hybridized carbons (Fsp3) is 0.400. The summed E-state index contributed by atoms with van der Waals surface area (Å²) in [6.45, 7) is 9.37. The molecule has 0 saturated carbocycles. The number of nitrogens with two attached hydrogens (primary N) is 1. The van der Waals surface area contributed by atoms with Gasteiger partial charge in [-0.3, -0.25) is 0 Å². The van der Waals surface area contributed by atoms with Gasteiger partial charge in [-0.1, -0.05) is 19.9 Å². The van der Waals surface area contributed by atoms with Gasteiger partial charge < -0.3 is 5.73 Å². The van der Waals surface area contributed by atoms with Gasteiger partial charge in [0.25, 0.3) is 0 Å². The van der Waals surface area contributed by atoms with Crippen molar-refractivity contribution < 1.29 is 8.42 Å². The molecule has 1 aromatic heterocycles. The molecule has 1 aromatic carbocycles. The van der Waals surface area contributed by atoms with E-state index in [4.69, 9.17) is 5.73 Å². The molecule has 0 aliphatic heterocycles. The number of sulfonamides is 1. The van der Waals surface area contributed by atoms with Crippen LogP contribution in [0, 0.1) is 0 Å². The third-order valence-electron chi connectivity index (χ3n) is 2.48. The minimum atomic E-state index is -3.68. The summed E-state index contributed by atoms with van der Waals surface area (Å²) in [5, 5.41) is 0. The number of benzene rings is 1. The van der Waals surface area contributed by atoms with E-state index in [-0.39, 0.29) is 4.90 Å². The van der Waals surface area contributed by atoms with Crippen molar-refractivity contribution in [2.45, 2.75) is 45.1 Å². The standard InChI is InChI=1S/C13H16BrN3O2S2.C2H6/c1-13(2,3)17-21(18,19)11-6-8(15)4-5-9(11)10-7-16-12(14)20-10;1-2/h4-7,17H,15H2,1-3H3;1-2H3. The van der Waals surface area contributed by atoms with E-state index >= 15 is 0 Å². The molecule has 2 rings (SSSR count). The first-order valence-electron chi connectivity index (χ1n) is 7.14. The zero-order chi connectivity index (χ0) is 17.8.